The quantitative estimate of drug-likeness (QED) is 0.932. The Hall–Kier alpha value is -1.88. The van der Waals surface area contributed by atoms with Crippen LogP contribution in [-0.4, -0.2) is 23.1 Å². The minimum Gasteiger partial charge on any atom is -0.476 e. The first kappa shape index (κ1) is 13.5. The lowest BCUT2D eigenvalue weighted by atomic mass is 10.1. The average molecular weight is 276 g/mol. The predicted octanol–water partition coefficient (Wildman–Crippen LogP) is 3.09. The third kappa shape index (κ3) is 3.12. The van der Waals surface area contributed by atoms with E-state index in [-0.39, 0.29) is 5.69 Å². The monoisotopic (exact) mass is 276 g/mol. The summed E-state index contributed by atoms with van der Waals surface area (Å²) in [5, 5.41) is 9.75. The van der Waals surface area contributed by atoms with Gasteiger partial charge < -0.3 is 10.0 Å². The molecule has 2 rings (SSSR count). The molecule has 5 heteroatoms. The molecule has 0 saturated heterocycles. The highest BCUT2D eigenvalue weighted by Crippen LogP contribution is 2.26. The van der Waals surface area contributed by atoms with Crippen LogP contribution in [0.5, 0.6) is 0 Å². The zero-order valence-corrected chi connectivity index (χ0v) is 12.0. The van der Waals surface area contributed by atoms with E-state index in [4.69, 9.17) is 5.11 Å². The molecule has 0 amide bonds. The molecule has 0 aliphatic rings. The van der Waals surface area contributed by atoms with Crippen molar-refractivity contribution in [1.82, 2.24) is 4.98 Å². The molecule has 100 valence electrons. The van der Waals surface area contributed by atoms with Crippen molar-refractivity contribution in [2.45, 2.75) is 20.4 Å². The van der Waals surface area contributed by atoms with E-state index in [2.05, 4.69) is 30.1 Å². The van der Waals surface area contributed by atoms with E-state index in [1.165, 1.54) is 22.5 Å². The van der Waals surface area contributed by atoms with Gasteiger partial charge in [-0.2, -0.15) is 0 Å². The average Bonchev–Trinajstić information content (AvgIpc) is 2.71. The van der Waals surface area contributed by atoms with Crippen LogP contribution in [0, 0.1) is 13.8 Å². The molecular formula is C14H16N2O2S. The first-order valence-electron chi connectivity index (χ1n) is 5.95. The number of thiazole rings is 1. The van der Waals surface area contributed by atoms with Gasteiger partial charge in [-0.05, 0) is 19.4 Å². The van der Waals surface area contributed by atoms with Gasteiger partial charge in [0.1, 0.15) is 0 Å². The minimum atomic E-state index is -0.969. The molecule has 19 heavy (non-hydrogen) atoms. The van der Waals surface area contributed by atoms with Crippen molar-refractivity contribution < 1.29 is 9.90 Å². The van der Waals surface area contributed by atoms with Crippen LogP contribution in [0.1, 0.15) is 26.5 Å². The Labute approximate surface area is 116 Å². The molecule has 1 N–H and O–H groups in total. The number of aryl methyl sites for hydroxylation is 2. The molecule has 0 aliphatic heterocycles. The van der Waals surface area contributed by atoms with Gasteiger partial charge >= 0.3 is 5.97 Å². The van der Waals surface area contributed by atoms with Crippen molar-refractivity contribution in [3.8, 4) is 0 Å². The van der Waals surface area contributed by atoms with Gasteiger partial charge in [-0.3, -0.25) is 0 Å². The van der Waals surface area contributed by atoms with Crippen LogP contribution in [0.15, 0.2) is 24.3 Å². The van der Waals surface area contributed by atoms with Crippen molar-refractivity contribution in [3.63, 3.8) is 0 Å². The maximum Gasteiger partial charge on any atom is 0.355 e. The van der Waals surface area contributed by atoms with Crippen molar-refractivity contribution in [1.29, 1.82) is 0 Å². The van der Waals surface area contributed by atoms with Crippen LogP contribution in [0.25, 0.3) is 0 Å². The SMILES string of the molecule is Cc1cccc(CN(C)c2nc(C(=O)O)c(C)s2)c1. The van der Waals surface area contributed by atoms with Gasteiger partial charge in [0.25, 0.3) is 0 Å². The zero-order chi connectivity index (χ0) is 14.0. The number of rotatable bonds is 4. The number of aromatic nitrogens is 1. The Morgan fingerprint density at radius 3 is 2.74 bits per heavy atom. The summed E-state index contributed by atoms with van der Waals surface area (Å²) in [6.07, 6.45) is 0. The molecule has 1 aromatic heterocycles. The Bertz CT molecular complexity index is 607. The normalized spacial score (nSPS) is 10.5. The van der Waals surface area contributed by atoms with Gasteiger partial charge in [0.2, 0.25) is 0 Å². The lowest BCUT2D eigenvalue weighted by Crippen LogP contribution is -2.16. The fourth-order valence-corrected chi connectivity index (χ4v) is 2.76. The van der Waals surface area contributed by atoms with E-state index < -0.39 is 5.97 Å². The Morgan fingerprint density at radius 1 is 1.42 bits per heavy atom. The van der Waals surface area contributed by atoms with E-state index in [1.807, 2.05) is 18.0 Å². The summed E-state index contributed by atoms with van der Waals surface area (Å²) >= 11 is 1.41. The van der Waals surface area contributed by atoms with E-state index >= 15 is 0 Å². The Kier molecular flexibility index (Phi) is 3.85. The van der Waals surface area contributed by atoms with Crippen molar-refractivity contribution in [2.75, 3.05) is 11.9 Å². The number of carbonyl (C=O) groups is 1. The highest BCUT2D eigenvalue weighted by atomic mass is 32.1. The number of benzene rings is 1. The Balaban J connectivity index is 2.18. The van der Waals surface area contributed by atoms with Gasteiger partial charge in [-0.25, -0.2) is 9.78 Å². The summed E-state index contributed by atoms with van der Waals surface area (Å²) < 4.78 is 0. The molecule has 4 nitrogen and oxygen atoms in total. The number of nitrogens with zero attached hydrogens (tertiary/aromatic N) is 2. The van der Waals surface area contributed by atoms with E-state index in [0.717, 1.165) is 10.0 Å². The standard InChI is InChI=1S/C14H16N2O2S/c1-9-5-4-6-11(7-9)8-16(3)14-15-12(13(17)18)10(2)19-14/h4-7H,8H2,1-3H3,(H,17,18). The van der Waals surface area contributed by atoms with Gasteiger partial charge in [-0.15, -0.1) is 11.3 Å². The first-order valence-corrected chi connectivity index (χ1v) is 6.76. The number of hydrogen-bond acceptors (Lipinski definition) is 4. The summed E-state index contributed by atoms with van der Waals surface area (Å²) in [6, 6.07) is 8.25. The number of carboxylic acids is 1. The van der Waals surface area contributed by atoms with Crippen LogP contribution in [0.4, 0.5) is 5.13 Å². The molecular weight excluding hydrogens is 260 g/mol. The van der Waals surface area contributed by atoms with Crippen LogP contribution in [0.3, 0.4) is 0 Å². The summed E-state index contributed by atoms with van der Waals surface area (Å²) in [5.41, 5.74) is 2.55. The molecule has 0 aliphatic carbocycles. The molecule has 0 atom stereocenters. The fraction of sp³-hybridized carbons (Fsp3) is 0.286. The highest BCUT2D eigenvalue weighted by molar-refractivity contribution is 7.15. The van der Waals surface area contributed by atoms with Crippen LogP contribution in [-0.2, 0) is 6.54 Å². The second kappa shape index (κ2) is 5.40. The summed E-state index contributed by atoms with van der Waals surface area (Å²) in [4.78, 5) is 17.9. The largest absolute Gasteiger partial charge is 0.476 e. The summed E-state index contributed by atoms with van der Waals surface area (Å²) in [6.45, 7) is 4.55. The van der Waals surface area contributed by atoms with Gasteiger partial charge in [0, 0.05) is 18.5 Å². The Morgan fingerprint density at radius 2 is 2.16 bits per heavy atom. The molecule has 0 radical (unpaired) electrons. The summed E-state index contributed by atoms with van der Waals surface area (Å²) in [5.74, 6) is -0.969. The van der Waals surface area contributed by atoms with E-state index in [0.29, 0.717) is 6.54 Å². The highest BCUT2D eigenvalue weighted by Gasteiger charge is 2.16. The topological polar surface area (TPSA) is 53.4 Å². The molecule has 0 spiro atoms. The smallest absolute Gasteiger partial charge is 0.355 e. The zero-order valence-electron chi connectivity index (χ0n) is 11.2. The van der Waals surface area contributed by atoms with Crippen molar-refractivity contribution in [2.24, 2.45) is 0 Å². The molecule has 1 aromatic carbocycles. The first-order chi connectivity index (χ1) is 8.97. The molecule has 0 fully saturated rings. The van der Waals surface area contributed by atoms with Gasteiger partial charge in [0.15, 0.2) is 10.8 Å². The van der Waals surface area contributed by atoms with Crippen molar-refractivity contribution >= 4 is 22.4 Å². The maximum absolute atomic E-state index is 11.0. The van der Waals surface area contributed by atoms with E-state index in [9.17, 15) is 4.79 Å². The lowest BCUT2D eigenvalue weighted by molar-refractivity contribution is 0.0690. The molecule has 0 saturated carbocycles. The predicted molar refractivity (Wildman–Crippen MR) is 77.1 cm³/mol. The molecule has 1 heterocycles. The molecule has 0 bridgehead atoms. The third-order valence-electron chi connectivity index (χ3n) is 2.82. The maximum atomic E-state index is 11.0. The fourth-order valence-electron chi connectivity index (χ4n) is 1.90. The number of aromatic carboxylic acids is 1. The lowest BCUT2D eigenvalue weighted by Gasteiger charge is -2.15. The second-order valence-electron chi connectivity index (χ2n) is 4.55. The second-order valence-corrected chi connectivity index (χ2v) is 5.73. The van der Waals surface area contributed by atoms with E-state index in [1.54, 1.807) is 6.92 Å². The minimum absolute atomic E-state index is 0.149. The van der Waals surface area contributed by atoms with Crippen LogP contribution >= 0.6 is 11.3 Å². The number of anilines is 1. The van der Waals surface area contributed by atoms with Gasteiger partial charge in [0.05, 0.1) is 0 Å². The molecule has 0 unspecified atom stereocenters. The third-order valence-corrected chi connectivity index (χ3v) is 3.90. The number of carboxylic acid groups (broad SMARTS) is 1. The number of hydrogen-bond donors (Lipinski definition) is 1. The van der Waals surface area contributed by atoms with Crippen LogP contribution < -0.4 is 4.90 Å². The van der Waals surface area contributed by atoms with Crippen molar-refractivity contribution in [3.05, 3.63) is 46.0 Å². The molecule has 2 aromatic rings. The summed E-state index contributed by atoms with van der Waals surface area (Å²) in [7, 11) is 1.92. The van der Waals surface area contributed by atoms with Crippen LogP contribution in [0.2, 0.25) is 0 Å². The van der Waals surface area contributed by atoms with Gasteiger partial charge in [-0.1, -0.05) is 29.8 Å².